The lowest BCUT2D eigenvalue weighted by atomic mass is 10.1. The maximum Gasteiger partial charge on any atom is 0.253 e. The molecule has 4 heterocycles. The van der Waals surface area contributed by atoms with Gasteiger partial charge in [0.2, 0.25) is 0 Å². The van der Waals surface area contributed by atoms with E-state index < -0.39 is 0 Å². The van der Waals surface area contributed by atoms with Crippen LogP contribution < -0.4 is 9.80 Å². The van der Waals surface area contributed by atoms with Crippen LogP contribution in [0.15, 0.2) is 18.2 Å². The number of fused-ring (bicyclic) bond motifs is 1. The number of carbonyl (C=O) groups excluding carboxylic acids is 1. The molecule has 0 spiro atoms. The summed E-state index contributed by atoms with van der Waals surface area (Å²) in [5.74, 6) is 0.0363. The van der Waals surface area contributed by atoms with Crippen LogP contribution in [-0.2, 0) is 9.53 Å². The normalized spacial score (nSPS) is 24.9. The number of anilines is 2. The lowest BCUT2D eigenvalue weighted by Gasteiger charge is -2.32. The Labute approximate surface area is 163 Å². The number of morpholine rings is 1. The fourth-order valence-corrected chi connectivity index (χ4v) is 5.53. The Morgan fingerprint density at radius 2 is 2.00 bits per heavy atom. The van der Waals surface area contributed by atoms with Crippen LogP contribution in [0.3, 0.4) is 0 Å². The molecule has 0 saturated carbocycles. The van der Waals surface area contributed by atoms with E-state index in [4.69, 9.17) is 9.72 Å². The molecule has 0 aliphatic carbocycles. The van der Waals surface area contributed by atoms with E-state index in [1.165, 1.54) is 38.8 Å². The maximum atomic E-state index is 12.1. The molecular weight excluding hydrogens is 360 g/mol. The molecule has 1 aromatic heterocycles. The van der Waals surface area contributed by atoms with Crippen LogP contribution in [0, 0.1) is 0 Å². The Hall–Kier alpha value is -1.70. The molecular formula is C20H26N4O2S. The average Bonchev–Trinajstić information content (AvgIpc) is 3.35. The van der Waals surface area contributed by atoms with E-state index in [1.807, 2.05) is 17.0 Å². The molecule has 2 aromatic rings. The van der Waals surface area contributed by atoms with Crippen molar-refractivity contribution >= 4 is 38.3 Å². The monoisotopic (exact) mass is 386 g/mol. The minimum absolute atomic E-state index is 0.0363. The van der Waals surface area contributed by atoms with Crippen molar-refractivity contribution in [2.75, 3.05) is 55.7 Å². The van der Waals surface area contributed by atoms with Gasteiger partial charge in [0.15, 0.2) is 5.13 Å². The first-order chi connectivity index (χ1) is 13.3. The Balaban J connectivity index is 1.33. The van der Waals surface area contributed by atoms with Gasteiger partial charge in [-0.3, -0.25) is 9.69 Å². The van der Waals surface area contributed by atoms with Crippen molar-refractivity contribution in [1.29, 1.82) is 0 Å². The molecule has 1 unspecified atom stereocenters. The summed E-state index contributed by atoms with van der Waals surface area (Å²) in [5.41, 5.74) is 1.99. The van der Waals surface area contributed by atoms with E-state index in [-0.39, 0.29) is 12.5 Å². The summed E-state index contributed by atoms with van der Waals surface area (Å²) in [6, 6.07) is 6.85. The lowest BCUT2D eigenvalue weighted by Crippen LogP contribution is -2.41. The Morgan fingerprint density at radius 3 is 2.85 bits per heavy atom. The number of piperidine rings is 1. The molecule has 3 saturated heterocycles. The van der Waals surface area contributed by atoms with E-state index in [0.29, 0.717) is 19.2 Å². The number of aromatic nitrogens is 1. The number of likely N-dealkylation sites (tertiary alicyclic amines) is 1. The van der Waals surface area contributed by atoms with Gasteiger partial charge in [-0.15, -0.1) is 0 Å². The van der Waals surface area contributed by atoms with Crippen molar-refractivity contribution in [3.63, 3.8) is 0 Å². The fraction of sp³-hybridized carbons (Fsp3) is 0.600. The number of carbonyl (C=O) groups is 1. The molecule has 1 amide bonds. The van der Waals surface area contributed by atoms with Gasteiger partial charge >= 0.3 is 0 Å². The summed E-state index contributed by atoms with van der Waals surface area (Å²) in [6.45, 7) is 6.11. The average molecular weight is 387 g/mol. The van der Waals surface area contributed by atoms with E-state index in [0.717, 1.165) is 34.1 Å². The molecule has 144 valence electrons. The van der Waals surface area contributed by atoms with Crippen molar-refractivity contribution in [2.24, 2.45) is 0 Å². The summed E-state index contributed by atoms with van der Waals surface area (Å²) in [6.07, 6.45) is 5.32. The molecule has 3 aliphatic heterocycles. The smallest absolute Gasteiger partial charge is 0.253 e. The van der Waals surface area contributed by atoms with Gasteiger partial charge in [-0.2, -0.15) is 0 Å². The van der Waals surface area contributed by atoms with Crippen molar-refractivity contribution in [3.05, 3.63) is 18.2 Å². The van der Waals surface area contributed by atoms with E-state index in [9.17, 15) is 4.79 Å². The van der Waals surface area contributed by atoms with Crippen LogP contribution in [0.1, 0.15) is 25.7 Å². The predicted molar refractivity (Wildman–Crippen MR) is 109 cm³/mol. The number of amides is 1. The molecule has 3 aliphatic rings. The highest BCUT2D eigenvalue weighted by Crippen LogP contribution is 2.34. The Kier molecular flexibility index (Phi) is 4.75. The van der Waals surface area contributed by atoms with E-state index in [1.54, 1.807) is 11.3 Å². The zero-order chi connectivity index (χ0) is 18.2. The van der Waals surface area contributed by atoms with Gasteiger partial charge in [-0.25, -0.2) is 4.98 Å². The fourth-order valence-electron chi connectivity index (χ4n) is 4.49. The molecule has 27 heavy (non-hydrogen) atoms. The molecule has 7 heteroatoms. The Morgan fingerprint density at radius 1 is 1.11 bits per heavy atom. The first-order valence-corrected chi connectivity index (χ1v) is 10.9. The predicted octanol–water partition coefficient (Wildman–Crippen LogP) is 2.72. The standard InChI is InChI=1S/C20H26N4O2S/c25-19-14-26-11-10-24(19)15-4-5-17-18(12-15)27-20(21-17)23-9-6-16(13-23)22-7-2-1-3-8-22/h4-5,12,16H,1-3,6-11,13-14H2. The van der Waals surface area contributed by atoms with Gasteiger partial charge in [0, 0.05) is 31.4 Å². The minimum Gasteiger partial charge on any atom is -0.370 e. The largest absolute Gasteiger partial charge is 0.370 e. The third-order valence-electron chi connectivity index (χ3n) is 6.00. The molecule has 1 aromatic carbocycles. The van der Waals surface area contributed by atoms with Crippen LogP contribution in [0.4, 0.5) is 10.8 Å². The highest BCUT2D eigenvalue weighted by Gasteiger charge is 2.30. The molecule has 5 rings (SSSR count). The second-order valence-corrected chi connectivity index (χ2v) is 8.74. The van der Waals surface area contributed by atoms with Gasteiger partial charge in [-0.1, -0.05) is 17.8 Å². The quantitative estimate of drug-likeness (QED) is 0.812. The van der Waals surface area contributed by atoms with Crippen LogP contribution in [0.25, 0.3) is 10.2 Å². The van der Waals surface area contributed by atoms with Gasteiger partial charge < -0.3 is 14.5 Å². The topological polar surface area (TPSA) is 48.9 Å². The Bertz CT molecular complexity index is 832. The first-order valence-electron chi connectivity index (χ1n) is 10.1. The van der Waals surface area contributed by atoms with Gasteiger partial charge in [0.05, 0.1) is 16.8 Å². The van der Waals surface area contributed by atoms with Crippen molar-refractivity contribution in [2.45, 2.75) is 31.7 Å². The SMILES string of the molecule is O=C1COCCN1c1ccc2nc(N3CCC(N4CCCCC4)C3)sc2c1. The molecule has 0 N–H and O–H groups in total. The van der Waals surface area contributed by atoms with Crippen LogP contribution in [0.2, 0.25) is 0 Å². The number of ether oxygens (including phenoxy) is 1. The number of nitrogens with zero attached hydrogens (tertiary/aromatic N) is 4. The summed E-state index contributed by atoms with van der Waals surface area (Å²) in [5, 5.41) is 1.12. The zero-order valence-electron chi connectivity index (χ0n) is 15.6. The van der Waals surface area contributed by atoms with Gasteiger partial charge in [0.25, 0.3) is 5.91 Å². The zero-order valence-corrected chi connectivity index (χ0v) is 16.4. The molecule has 1 atom stereocenters. The van der Waals surface area contributed by atoms with Gasteiger partial charge in [0.1, 0.15) is 6.61 Å². The highest BCUT2D eigenvalue weighted by molar-refractivity contribution is 7.22. The maximum absolute atomic E-state index is 12.1. The van der Waals surface area contributed by atoms with Crippen LogP contribution >= 0.6 is 11.3 Å². The molecule has 3 fully saturated rings. The second-order valence-electron chi connectivity index (χ2n) is 7.73. The molecule has 6 nitrogen and oxygen atoms in total. The summed E-state index contributed by atoms with van der Waals surface area (Å²) in [7, 11) is 0. The van der Waals surface area contributed by atoms with E-state index >= 15 is 0 Å². The highest BCUT2D eigenvalue weighted by atomic mass is 32.1. The number of benzene rings is 1. The second kappa shape index (κ2) is 7.37. The first kappa shape index (κ1) is 17.4. The third-order valence-corrected chi connectivity index (χ3v) is 7.08. The third kappa shape index (κ3) is 3.44. The van der Waals surface area contributed by atoms with Crippen LogP contribution in [-0.4, -0.2) is 67.8 Å². The lowest BCUT2D eigenvalue weighted by molar-refractivity contribution is -0.125. The summed E-state index contributed by atoms with van der Waals surface area (Å²) < 4.78 is 6.40. The number of hydrogen-bond acceptors (Lipinski definition) is 6. The summed E-state index contributed by atoms with van der Waals surface area (Å²) in [4.78, 5) is 23.9. The van der Waals surface area contributed by atoms with Gasteiger partial charge in [-0.05, 0) is 50.6 Å². The molecule has 0 bridgehead atoms. The summed E-state index contributed by atoms with van der Waals surface area (Å²) >= 11 is 1.75. The van der Waals surface area contributed by atoms with Crippen molar-refractivity contribution in [3.8, 4) is 0 Å². The number of thiazole rings is 1. The van der Waals surface area contributed by atoms with E-state index in [2.05, 4.69) is 15.9 Å². The number of rotatable bonds is 3. The van der Waals surface area contributed by atoms with Crippen molar-refractivity contribution < 1.29 is 9.53 Å². The number of hydrogen-bond donors (Lipinski definition) is 0. The molecule has 0 radical (unpaired) electrons. The van der Waals surface area contributed by atoms with Crippen molar-refractivity contribution in [1.82, 2.24) is 9.88 Å². The van der Waals surface area contributed by atoms with Crippen LogP contribution in [0.5, 0.6) is 0 Å². The minimum atomic E-state index is 0.0363.